The molecule has 152 valence electrons. The van der Waals surface area contributed by atoms with Crippen molar-refractivity contribution in [1.82, 2.24) is 4.98 Å². The average molecular weight is 403 g/mol. The van der Waals surface area contributed by atoms with Crippen molar-refractivity contribution in [2.45, 2.75) is 38.0 Å². The summed E-state index contributed by atoms with van der Waals surface area (Å²) in [5.41, 5.74) is 1.25. The highest BCUT2D eigenvalue weighted by molar-refractivity contribution is 7.90. The number of hydrogen-bond acceptors (Lipinski definition) is 5. The van der Waals surface area contributed by atoms with E-state index in [1.165, 1.54) is 24.7 Å². The molecule has 0 saturated carbocycles. The first-order valence-electron chi connectivity index (χ1n) is 9.93. The first-order chi connectivity index (χ1) is 13.3. The first-order valence-corrected chi connectivity index (χ1v) is 11.8. The van der Waals surface area contributed by atoms with Gasteiger partial charge in [-0.3, -0.25) is 0 Å². The quantitative estimate of drug-likeness (QED) is 0.697. The molecular formula is C22H30N2O3S. The molecule has 5 nitrogen and oxygen atoms in total. The van der Waals surface area contributed by atoms with Gasteiger partial charge in [-0.25, -0.2) is 13.4 Å². The lowest BCUT2D eigenvalue weighted by atomic mass is 9.84. The zero-order valence-electron chi connectivity index (χ0n) is 17.0. The van der Waals surface area contributed by atoms with Crippen LogP contribution in [0.3, 0.4) is 0 Å². The fourth-order valence-corrected chi connectivity index (χ4v) is 4.40. The zero-order chi connectivity index (χ0) is 20.1. The maximum atomic E-state index is 11.5. The molecule has 1 saturated heterocycles. The summed E-state index contributed by atoms with van der Waals surface area (Å²) in [7, 11) is -3.16. The van der Waals surface area contributed by atoms with Crippen LogP contribution in [-0.2, 0) is 9.84 Å². The van der Waals surface area contributed by atoms with Crippen LogP contribution in [0, 0.1) is 18.8 Å². The van der Waals surface area contributed by atoms with Gasteiger partial charge in [0.1, 0.15) is 11.6 Å². The Morgan fingerprint density at radius 2 is 1.86 bits per heavy atom. The minimum absolute atomic E-state index is 0.322. The van der Waals surface area contributed by atoms with Gasteiger partial charge in [0.05, 0.1) is 11.5 Å². The van der Waals surface area contributed by atoms with Crippen molar-refractivity contribution in [2.24, 2.45) is 11.8 Å². The maximum Gasteiger partial charge on any atom is 0.175 e. The number of aryl methyl sites for hydroxylation is 1. The lowest BCUT2D eigenvalue weighted by Gasteiger charge is -2.35. The fourth-order valence-electron chi connectivity index (χ4n) is 3.77. The largest absolute Gasteiger partial charge is 0.494 e. The molecule has 3 rings (SSSR count). The van der Waals surface area contributed by atoms with Crippen LogP contribution in [-0.4, -0.2) is 39.4 Å². The van der Waals surface area contributed by atoms with Gasteiger partial charge in [0.2, 0.25) is 0 Å². The van der Waals surface area contributed by atoms with Crippen LogP contribution in [0.1, 0.15) is 31.7 Å². The van der Waals surface area contributed by atoms with E-state index in [0.29, 0.717) is 23.3 Å². The van der Waals surface area contributed by atoms with Crippen molar-refractivity contribution in [3.63, 3.8) is 0 Å². The van der Waals surface area contributed by atoms with Gasteiger partial charge in [0.25, 0.3) is 0 Å². The molecule has 0 amide bonds. The number of pyridine rings is 1. The summed E-state index contributed by atoms with van der Waals surface area (Å²) in [5.74, 6) is 3.12. The van der Waals surface area contributed by atoms with Gasteiger partial charge >= 0.3 is 0 Å². The van der Waals surface area contributed by atoms with Crippen molar-refractivity contribution in [3.8, 4) is 5.75 Å². The molecule has 1 aliphatic heterocycles. The summed E-state index contributed by atoms with van der Waals surface area (Å²) in [6, 6.07) is 10.9. The van der Waals surface area contributed by atoms with Gasteiger partial charge in [0, 0.05) is 25.5 Å². The number of anilines is 1. The van der Waals surface area contributed by atoms with Crippen molar-refractivity contribution in [2.75, 3.05) is 30.9 Å². The molecule has 2 heterocycles. The summed E-state index contributed by atoms with van der Waals surface area (Å²) in [6.45, 7) is 7.17. The second-order valence-corrected chi connectivity index (χ2v) is 9.89. The number of ether oxygens (including phenoxy) is 1. The van der Waals surface area contributed by atoms with Crippen LogP contribution in [0.4, 0.5) is 5.82 Å². The highest BCUT2D eigenvalue weighted by Gasteiger charge is 2.24. The minimum atomic E-state index is -3.16. The summed E-state index contributed by atoms with van der Waals surface area (Å²) >= 11 is 0. The van der Waals surface area contributed by atoms with E-state index in [0.717, 1.165) is 31.1 Å². The Hall–Kier alpha value is -2.08. The van der Waals surface area contributed by atoms with Crippen molar-refractivity contribution < 1.29 is 13.2 Å². The molecule has 1 unspecified atom stereocenters. The molecule has 0 aliphatic carbocycles. The molecular weight excluding hydrogens is 372 g/mol. The van der Waals surface area contributed by atoms with Crippen LogP contribution in [0.2, 0.25) is 0 Å². The predicted molar refractivity (Wildman–Crippen MR) is 113 cm³/mol. The lowest BCUT2D eigenvalue weighted by Crippen LogP contribution is -2.36. The second kappa shape index (κ2) is 8.95. The normalized spacial score (nSPS) is 16.8. The molecule has 28 heavy (non-hydrogen) atoms. The molecule has 2 aromatic rings. The number of benzene rings is 1. The number of aromatic nitrogens is 1. The van der Waals surface area contributed by atoms with Crippen LogP contribution >= 0.6 is 0 Å². The molecule has 1 aromatic carbocycles. The van der Waals surface area contributed by atoms with Gasteiger partial charge in [-0.05, 0) is 80.0 Å². The Morgan fingerprint density at radius 1 is 1.18 bits per heavy atom. The number of rotatable bonds is 7. The Balaban J connectivity index is 1.43. The van der Waals surface area contributed by atoms with E-state index in [9.17, 15) is 8.42 Å². The Bertz CT molecular complexity index is 873. The van der Waals surface area contributed by atoms with E-state index >= 15 is 0 Å². The van der Waals surface area contributed by atoms with Crippen molar-refractivity contribution >= 4 is 15.7 Å². The third-order valence-corrected chi connectivity index (χ3v) is 6.79. The molecule has 1 fully saturated rings. The number of hydrogen-bond donors (Lipinski definition) is 0. The molecule has 1 aromatic heterocycles. The zero-order valence-corrected chi connectivity index (χ0v) is 17.8. The second-order valence-electron chi connectivity index (χ2n) is 7.87. The predicted octanol–water partition coefficient (Wildman–Crippen LogP) is 4.12. The monoisotopic (exact) mass is 402 g/mol. The van der Waals surface area contributed by atoms with E-state index in [-0.39, 0.29) is 0 Å². The maximum absolute atomic E-state index is 11.5. The van der Waals surface area contributed by atoms with Gasteiger partial charge in [-0.2, -0.15) is 0 Å². The third kappa shape index (κ3) is 5.47. The lowest BCUT2D eigenvalue weighted by molar-refractivity contribution is 0.223. The van der Waals surface area contributed by atoms with E-state index in [1.807, 2.05) is 12.3 Å². The number of sulfone groups is 1. The third-order valence-electron chi connectivity index (χ3n) is 5.66. The van der Waals surface area contributed by atoms with Crippen LogP contribution < -0.4 is 9.64 Å². The number of nitrogens with zero attached hydrogens (tertiary/aromatic N) is 2. The van der Waals surface area contributed by atoms with Crippen molar-refractivity contribution in [1.29, 1.82) is 0 Å². The molecule has 1 atom stereocenters. The van der Waals surface area contributed by atoms with Crippen LogP contribution in [0.15, 0.2) is 47.5 Å². The Kier molecular flexibility index (Phi) is 6.60. The van der Waals surface area contributed by atoms with Crippen LogP contribution in [0.25, 0.3) is 0 Å². The summed E-state index contributed by atoms with van der Waals surface area (Å²) in [5, 5.41) is 0. The smallest absolute Gasteiger partial charge is 0.175 e. The molecule has 0 radical (unpaired) electrons. The SMILES string of the molecule is Cc1ccnc(N2CCC(C(C)CCOc3ccc(S(C)(=O)=O)cc3)CC2)c1. The Labute approximate surface area is 168 Å². The van der Waals surface area contributed by atoms with Gasteiger partial charge < -0.3 is 9.64 Å². The molecule has 0 spiro atoms. The summed E-state index contributed by atoms with van der Waals surface area (Å²) < 4.78 is 28.8. The highest BCUT2D eigenvalue weighted by atomic mass is 32.2. The van der Waals surface area contributed by atoms with Gasteiger partial charge in [0.15, 0.2) is 9.84 Å². The Morgan fingerprint density at radius 3 is 2.46 bits per heavy atom. The summed E-state index contributed by atoms with van der Waals surface area (Å²) in [4.78, 5) is 7.21. The highest BCUT2D eigenvalue weighted by Crippen LogP contribution is 2.29. The van der Waals surface area contributed by atoms with Gasteiger partial charge in [-0.15, -0.1) is 0 Å². The molecule has 0 bridgehead atoms. The van der Waals surface area contributed by atoms with E-state index < -0.39 is 9.84 Å². The standard InChI is InChI=1S/C22H30N2O3S/c1-17-8-12-23-22(16-17)24-13-9-19(10-14-24)18(2)11-15-27-20-4-6-21(7-5-20)28(3,25)26/h4-8,12,16,18-19H,9-11,13-15H2,1-3H3. The van der Waals surface area contributed by atoms with E-state index in [1.54, 1.807) is 24.3 Å². The minimum Gasteiger partial charge on any atom is -0.494 e. The van der Waals surface area contributed by atoms with Crippen molar-refractivity contribution in [3.05, 3.63) is 48.2 Å². The number of piperidine rings is 1. The van der Waals surface area contributed by atoms with Gasteiger partial charge in [-0.1, -0.05) is 6.92 Å². The molecule has 0 N–H and O–H groups in total. The first kappa shape index (κ1) is 20.6. The van der Waals surface area contributed by atoms with E-state index in [4.69, 9.17) is 4.74 Å². The summed E-state index contributed by atoms with van der Waals surface area (Å²) in [6.07, 6.45) is 6.46. The van der Waals surface area contributed by atoms with E-state index in [2.05, 4.69) is 29.8 Å². The van der Waals surface area contributed by atoms with Crippen LogP contribution in [0.5, 0.6) is 5.75 Å². The molecule has 6 heteroatoms. The molecule has 1 aliphatic rings. The topological polar surface area (TPSA) is 59.5 Å². The fraction of sp³-hybridized carbons (Fsp3) is 0.500. The average Bonchev–Trinajstić information content (AvgIpc) is 2.68.